The van der Waals surface area contributed by atoms with Crippen molar-refractivity contribution in [3.63, 3.8) is 0 Å². The summed E-state index contributed by atoms with van der Waals surface area (Å²) >= 11 is 0. The maximum Gasteiger partial charge on any atom is 0.338 e. The lowest BCUT2D eigenvalue weighted by molar-refractivity contribution is 0.0145. The van der Waals surface area contributed by atoms with Crippen LogP contribution in [0.25, 0.3) is 0 Å². The average Bonchev–Trinajstić information content (AvgIpc) is 2.27. The van der Waals surface area contributed by atoms with Crippen molar-refractivity contribution < 1.29 is 19.0 Å². The van der Waals surface area contributed by atoms with Crippen molar-refractivity contribution in [2.75, 3.05) is 0 Å². The average molecular weight is 236 g/mol. The van der Waals surface area contributed by atoms with Crippen molar-refractivity contribution in [2.24, 2.45) is 0 Å². The van der Waals surface area contributed by atoms with Gasteiger partial charge in [-0.1, -0.05) is 12.0 Å². The molecular formula is C13H13FO3. The van der Waals surface area contributed by atoms with E-state index in [0.29, 0.717) is 5.56 Å². The summed E-state index contributed by atoms with van der Waals surface area (Å²) in [6, 6.07) is 3.81. The van der Waals surface area contributed by atoms with E-state index in [9.17, 15) is 9.18 Å². The summed E-state index contributed by atoms with van der Waals surface area (Å²) in [6.07, 6.45) is 5.24. The van der Waals surface area contributed by atoms with Crippen LogP contribution in [0, 0.1) is 18.2 Å². The van der Waals surface area contributed by atoms with Gasteiger partial charge >= 0.3 is 5.97 Å². The molecule has 0 atom stereocenters. The second-order valence-corrected chi connectivity index (χ2v) is 4.06. The summed E-state index contributed by atoms with van der Waals surface area (Å²) in [5.74, 6) is 0.376. The van der Waals surface area contributed by atoms with Crippen molar-refractivity contribution in [1.29, 1.82) is 0 Å². The molecule has 1 aromatic carbocycles. The molecule has 0 aliphatic carbocycles. The Hall–Kier alpha value is -1.86. The Morgan fingerprint density at radius 1 is 1.59 bits per heavy atom. The molecule has 0 saturated heterocycles. The van der Waals surface area contributed by atoms with E-state index in [1.807, 2.05) is 0 Å². The molecule has 0 spiro atoms. The summed E-state index contributed by atoms with van der Waals surface area (Å²) in [5.41, 5.74) is -0.547. The minimum absolute atomic E-state index is 0.137. The first-order valence-electron chi connectivity index (χ1n) is 4.99. The molecule has 4 heteroatoms. The van der Waals surface area contributed by atoms with E-state index < -0.39 is 17.4 Å². The molecule has 0 aromatic heterocycles. The van der Waals surface area contributed by atoms with Crippen LogP contribution in [0.15, 0.2) is 18.2 Å². The first kappa shape index (κ1) is 13.2. The number of halogens is 1. The summed E-state index contributed by atoms with van der Waals surface area (Å²) in [7, 11) is 0. The highest BCUT2D eigenvalue weighted by Crippen LogP contribution is 2.15. The van der Waals surface area contributed by atoms with Gasteiger partial charge in [-0.2, -0.15) is 0 Å². The smallest absolute Gasteiger partial charge is 0.338 e. The topological polar surface area (TPSA) is 46.5 Å². The Morgan fingerprint density at radius 2 is 2.24 bits per heavy atom. The Bertz CT molecular complexity index is 472. The first-order valence-corrected chi connectivity index (χ1v) is 4.99. The number of carbonyl (C=O) groups is 1. The van der Waals surface area contributed by atoms with Crippen LogP contribution < -0.4 is 0 Å². The summed E-state index contributed by atoms with van der Waals surface area (Å²) in [4.78, 5) is 10.7. The lowest BCUT2D eigenvalue weighted by Crippen LogP contribution is -2.21. The van der Waals surface area contributed by atoms with Crippen LogP contribution in [0.2, 0.25) is 0 Å². The second-order valence-electron chi connectivity index (χ2n) is 4.06. The van der Waals surface area contributed by atoms with Gasteiger partial charge in [0.15, 0.2) is 0 Å². The van der Waals surface area contributed by atoms with Gasteiger partial charge < -0.3 is 9.84 Å². The van der Waals surface area contributed by atoms with Crippen molar-refractivity contribution in [1.82, 2.24) is 0 Å². The van der Waals surface area contributed by atoms with Gasteiger partial charge in [0.25, 0.3) is 0 Å². The van der Waals surface area contributed by atoms with E-state index in [4.69, 9.17) is 16.3 Å². The summed E-state index contributed by atoms with van der Waals surface area (Å²) in [5, 5.41) is 8.75. The van der Waals surface area contributed by atoms with Crippen LogP contribution in [0.3, 0.4) is 0 Å². The zero-order valence-corrected chi connectivity index (χ0v) is 9.66. The lowest BCUT2D eigenvalue weighted by atomic mass is 10.1. The highest BCUT2D eigenvalue weighted by atomic mass is 19.1. The molecule has 0 fully saturated rings. The summed E-state index contributed by atoms with van der Waals surface area (Å²) < 4.78 is 18.5. The van der Waals surface area contributed by atoms with Crippen LogP contribution >= 0.6 is 0 Å². The number of ether oxygens (including phenoxy) is 1. The van der Waals surface area contributed by atoms with E-state index in [-0.39, 0.29) is 12.2 Å². The molecule has 0 aliphatic heterocycles. The van der Waals surface area contributed by atoms with Crippen LogP contribution in [0.1, 0.15) is 29.8 Å². The second kappa shape index (κ2) is 4.98. The third-order valence-corrected chi connectivity index (χ3v) is 2.21. The molecule has 0 bridgehead atoms. The number of benzene rings is 1. The van der Waals surface area contributed by atoms with E-state index in [0.717, 1.165) is 6.07 Å². The zero-order valence-electron chi connectivity index (χ0n) is 9.66. The number of carboxylic acids is 1. The minimum atomic E-state index is -1.31. The molecule has 17 heavy (non-hydrogen) atoms. The molecule has 0 saturated carbocycles. The van der Waals surface area contributed by atoms with Crippen molar-refractivity contribution in [3.05, 3.63) is 35.1 Å². The van der Waals surface area contributed by atoms with Crippen LogP contribution in [0.4, 0.5) is 4.39 Å². The maximum absolute atomic E-state index is 13.1. The Labute approximate surface area is 99.2 Å². The number of hydrogen-bond acceptors (Lipinski definition) is 2. The fourth-order valence-corrected chi connectivity index (χ4v) is 1.13. The van der Waals surface area contributed by atoms with Gasteiger partial charge in [0.05, 0.1) is 12.2 Å². The van der Waals surface area contributed by atoms with Crippen molar-refractivity contribution in [2.45, 2.75) is 26.1 Å². The predicted octanol–water partition coefficient (Wildman–Crippen LogP) is 2.45. The highest BCUT2D eigenvalue weighted by Gasteiger charge is 2.15. The van der Waals surface area contributed by atoms with Crippen LogP contribution in [-0.4, -0.2) is 16.7 Å². The molecule has 0 aliphatic rings. The fourth-order valence-electron chi connectivity index (χ4n) is 1.13. The van der Waals surface area contributed by atoms with Gasteiger partial charge in [0.1, 0.15) is 11.4 Å². The molecule has 1 N–H and O–H groups in total. The molecule has 0 unspecified atom stereocenters. The molecule has 1 rings (SSSR count). The molecule has 0 heterocycles. The monoisotopic (exact) mass is 236 g/mol. The molecule has 1 aromatic rings. The standard InChI is InChI=1S/C13H13FO3/c1-4-13(2,3)17-8-9-5-6-11(14)10(7-9)12(15)16/h1,5-7H,8H2,2-3H3,(H,15,16). The van der Waals surface area contributed by atoms with E-state index >= 15 is 0 Å². The predicted molar refractivity (Wildman–Crippen MR) is 61.1 cm³/mol. The number of aromatic carboxylic acids is 1. The lowest BCUT2D eigenvalue weighted by Gasteiger charge is -2.18. The molecule has 3 nitrogen and oxygen atoms in total. The van der Waals surface area contributed by atoms with Gasteiger partial charge in [0, 0.05) is 0 Å². The van der Waals surface area contributed by atoms with E-state index in [2.05, 4.69) is 5.92 Å². The number of hydrogen-bond donors (Lipinski definition) is 1. The van der Waals surface area contributed by atoms with Gasteiger partial charge in [-0.25, -0.2) is 9.18 Å². The molecule has 0 radical (unpaired) electrons. The Balaban J connectivity index is 2.84. The quantitative estimate of drug-likeness (QED) is 0.817. The zero-order chi connectivity index (χ0) is 13.1. The summed E-state index contributed by atoms with van der Waals surface area (Å²) in [6.45, 7) is 3.57. The number of terminal acetylenes is 1. The van der Waals surface area contributed by atoms with E-state index in [1.165, 1.54) is 12.1 Å². The van der Waals surface area contributed by atoms with E-state index in [1.54, 1.807) is 13.8 Å². The third-order valence-electron chi connectivity index (χ3n) is 2.21. The maximum atomic E-state index is 13.1. The van der Waals surface area contributed by atoms with Crippen molar-refractivity contribution >= 4 is 5.97 Å². The Kier molecular flexibility index (Phi) is 3.87. The van der Waals surface area contributed by atoms with Gasteiger partial charge in [-0.05, 0) is 31.5 Å². The van der Waals surface area contributed by atoms with Gasteiger partial charge in [-0.15, -0.1) is 6.42 Å². The SMILES string of the molecule is C#CC(C)(C)OCc1ccc(F)c(C(=O)O)c1. The normalized spacial score (nSPS) is 10.9. The van der Waals surface area contributed by atoms with Crippen LogP contribution in [0.5, 0.6) is 0 Å². The molecular weight excluding hydrogens is 223 g/mol. The first-order chi connectivity index (χ1) is 7.85. The number of rotatable bonds is 4. The van der Waals surface area contributed by atoms with Crippen LogP contribution in [-0.2, 0) is 11.3 Å². The minimum Gasteiger partial charge on any atom is -0.478 e. The highest BCUT2D eigenvalue weighted by molar-refractivity contribution is 5.88. The van der Waals surface area contributed by atoms with Gasteiger partial charge in [0.2, 0.25) is 0 Å². The fraction of sp³-hybridized carbons (Fsp3) is 0.308. The number of carboxylic acid groups (broad SMARTS) is 1. The molecule has 90 valence electrons. The third kappa shape index (κ3) is 3.58. The van der Waals surface area contributed by atoms with Gasteiger partial charge in [-0.3, -0.25) is 0 Å². The van der Waals surface area contributed by atoms with Crippen molar-refractivity contribution in [3.8, 4) is 12.3 Å². The molecule has 0 amide bonds. The largest absolute Gasteiger partial charge is 0.478 e. The Morgan fingerprint density at radius 3 is 2.76 bits per heavy atom.